The number of amides is 2. The van der Waals surface area contributed by atoms with E-state index in [4.69, 9.17) is 14.2 Å². The van der Waals surface area contributed by atoms with Crippen molar-refractivity contribution in [3.05, 3.63) is 47.3 Å². The normalized spacial score (nSPS) is 30.3. The van der Waals surface area contributed by atoms with Gasteiger partial charge in [-0.3, -0.25) is 9.59 Å². The Kier molecular flexibility index (Phi) is 12.7. The van der Waals surface area contributed by atoms with Gasteiger partial charge in [-0.05, 0) is 74.6 Å². The van der Waals surface area contributed by atoms with Crippen molar-refractivity contribution in [3.8, 4) is 0 Å². The van der Waals surface area contributed by atoms with Crippen molar-refractivity contribution >= 4 is 29.7 Å². The van der Waals surface area contributed by atoms with Crippen LogP contribution in [0.4, 0.5) is 14.9 Å². The number of carbonyl (C=O) groups excluding carboxylic acids is 3. The van der Waals surface area contributed by atoms with Gasteiger partial charge < -0.3 is 38.9 Å². The van der Waals surface area contributed by atoms with Crippen LogP contribution in [0.1, 0.15) is 52.0 Å². The second-order valence-electron chi connectivity index (χ2n) is 14.2. The zero-order valence-corrected chi connectivity index (χ0v) is 29.4. The molecule has 0 aliphatic carbocycles. The van der Waals surface area contributed by atoms with E-state index in [2.05, 4.69) is 9.80 Å². The number of hydrogen-bond donors (Lipinski definition) is 1. The summed E-state index contributed by atoms with van der Waals surface area (Å²) in [4.78, 5) is 46.8. The van der Waals surface area contributed by atoms with Crippen molar-refractivity contribution in [2.24, 2.45) is 17.8 Å². The molecule has 0 bridgehead atoms. The van der Waals surface area contributed by atoms with Crippen LogP contribution in [0.3, 0.4) is 0 Å². The first-order valence-corrected chi connectivity index (χ1v) is 17.8. The van der Waals surface area contributed by atoms with E-state index >= 15 is 0 Å². The van der Waals surface area contributed by atoms with Crippen LogP contribution in [0, 0.1) is 23.6 Å². The van der Waals surface area contributed by atoms with E-state index in [1.807, 2.05) is 57.0 Å². The van der Waals surface area contributed by atoms with E-state index in [0.717, 1.165) is 25.2 Å². The summed E-state index contributed by atoms with van der Waals surface area (Å²) in [6.07, 6.45) is 4.70. The van der Waals surface area contributed by atoms with Crippen molar-refractivity contribution in [2.75, 3.05) is 77.5 Å². The highest BCUT2D eigenvalue weighted by Crippen LogP contribution is 2.28. The molecule has 4 aliphatic rings. The average molecular weight is 685 g/mol. The first-order valence-electron chi connectivity index (χ1n) is 17.8. The number of aliphatic hydroxyl groups excluding tert-OH is 1. The quantitative estimate of drug-likeness (QED) is 0.364. The summed E-state index contributed by atoms with van der Waals surface area (Å²) in [5, 5.41) is 10.7. The monoisotopic (exact) mass is 684 g/mol. The van der Waals surface area contributed by atoms with Crippen LogP contribution in [-0.4, -0.2) is 129 Å². The number of rotatable bonds is 5. The van der Waals surface area contributed by atoms with E-state index in [0.29, 0.717) is 76.5 Å². The molecule has 2 amide bonds. The van der Waals surface area contributed by atoms with Gasteiger partial charge in [-0.15, -0.1) is 0 Å². The van der Waals surface area contributed by atoms with Crippen LogP contribution in [0.15, 0.2) is 35.9 Å². The summed E-state index contributed by atoms with van der Waals surface area (Å²) in [7, 11) is 2.03. The molecule has 3 fully saturated rings. The standard InChI is InChI=1S/C37H53FN4O7/c1-25-5-7-32(43)23-34(44)49-35(26(2)6-8-33(25)48-37(46)42-12-10-39(4)11-13-42)27(3)19-28-20-30(38)22-31(21-28)40-14-16-41(17-15-40)36(45)29-9-18-47-24-29/h6,8,19-22,25-26,29,32-33,35,43H,5,7,9-18,23-24H2,1-4H3/b8-6+,27-19+/t25-,26-,29-,32+,33+,35-/m0/s1. The molecule has 4 aliphatic heterocycles. The first-order chi connectivity index (χ1) is 23.5. The maximum atomic E-state index is 15.0. The second-order valence-corrected chi connectivity index (χ2v) is 14.2. The van der Waals surface area contributed by atoms with Crippen LogP contribution in [0.25, 0.3) is 6.08 Å². The number of esters is 1. The highest BCUT2D eigenvalue weighted by atomic mass is 19.1. The number of piperazine rings is 2. The molecule has 0 spiro atoms. The van der Waals surface area contributed by atoms with Crippen molar-refractivity contribution < 1.29 is 38.1 Å². The number of nitrogens with zero attached hydrogens (tertiary/aromatic N) is 4. The zero-order valence-electron chi connectivity index (χ0n) is 29.4. The average Bonchev–Trinajstić information content (AvgIpc) is 3.62. The maximum absolute atomic E-state index is 15.0. The number of benzene rings is 1. The summed E-state index contributed by atoms with van der Waals surface area (Å²) in [5.41, 5.74) is 2.06. The van der Waals surface area contributed by atoms with Gasteiger partial charge in [0.2, 0.25) is 5.91 Å². The Morgan fingerprint density at radius 2 is 1.67 bits per heavy atom. The van der Waals surface area contributed by atoms with Gasteiger partial charge in [0.15, 0.2) is 0 Å². The minimum atomic E-state index is -0.888. The number of halogens is 1. The topological polar surface area (TPSA) is 112 Å². The predicted octanol–water partition coefficient (Wildman–Crippen LogP) is 3.95. The lowest BCUT2D eigenvalue weighted by Gasteiger charge is -2.37. The molecule has 6 atom stereocenters. The lowest BCUT2D eigenvalue weighted by molar-refractivity contribution is -0.151. The molecule has 49 heavy (non-hydrogen) atoms. The molecular formula is C37H53FN4O7. The summed E-state index contributed by atoms with van der Waals surface area (Å²) in [5.74, 6) is -1.22. The Bertz CT molecular complexity index is 1370. The number of hydrogen-bond acceptors (Lipinski definition) is 9. The molecule has 0 unspecified atom stereocenters. The Morgan fingerprint density at radius 1 is 0.959 bits per heavy atom. The number of likely N-dealkylation sites (N-methyl/N-ethyl adjacent to an activating group) is 1. The predicted molar refractivity (Wildman–Crippen MR) is 184 cm³/mol. The SMILES string of the molecule is C/C(=C\c1cc(F)cc(N2CCN(C(=O)[C@H]3CCOC3)CC2)c1)[C@H]1OC(=O)C[C@H](O)CC[C@H](C)[C@H](OC(=O)N2CCN(C)CC2)/C=C/[C@@H]1C. The zero-order chi connectivity index (χ0) is 35.1. The number of ether oxygens (including phenoxy) is 3. The van der Waals surface area contributed by atoms with Gasteiger partial charge in [0, 0.05) is 70.6 Å². The number of anilines is 1. The van der Waals surface area contributed by atoms with Gasteiger partial charge >= 0.3 is 12.1 Å². The molecule has 270 valence electrons. The molecule has 11 nitrogen and oxygen atoms in total. The van der Waals surface area contributed by atoms with Crippen molar-refractivity contribution in [3.63, 3.8) is 0 Å². The molecular weight excluding hydrogens is 631 g/mol. The Morgan fingerprint density at radius 3 is 2.37 bits per heavy atom. The lowest BCUT2D eigenvalue weighted by atomic mass is 9.91. The summed E-state index contributed by atoms with van der Waals surface area (Å²) < 4.78 is 32.4. The van der Waals surface area contributed by atoms with Crippen LogP contribution < -0.4 is 4.90 Å². The second kappa shape index (κ2) is 17.0. The van der Waals surface area contributed by atoms with Gasteiger partial charge in [-0.1, -0.05) is 26.0 Å². The fraction of sp³-hybridized carbons (Fsp3) is 0.649. The molecule has 0 radical (unpaired) electrons. The van der Waals surface area contributed by atoms with E-state index < -0.39 is 24.3 Å². The minimum Gasteiger partial charge on any atom is -0.457 e. The van der Waals surface area contributed by atoms with Crippen molar-refractivity contribution in [1.29, 1.82) is 0 Å². The number of aliphatic hydroxyl groups is 1. The summed E-state index contributed by atoms with van der Waals surface area (Å²) in [6.45, 7) is 11.9. The van der Waals surface area contributed by atoms with E-state index in [1.54, 1.807) is 4.90 Å². The Hall–Kier alpha value is -3.48. The summed E-state index contributed by atoms with van der Waals surface area (Å²) >= 11 is 0. The van der Waals surface area contributed by atoms with Crippen molar-refractivity contribution in [1.82, 2.24) is 14.7 Å². The Balaban J connectivity index is 1.30. The molecule has 5 rings (SSSR count). The van der Waals surface area contributed by atoms with Crippen LogP contribution in [-0.2, 0) is 23.8 Å². The molecule has 1 aromatic carbocycles. The minimum absolute atomic E-state index is 0.0720. The van der Waals surface area contributed by atoms with Gasteiger partial charge in [0.25, 0.3) is 0 Å². The van der Waals surface area contributed by atoms with E-state index in [-0.39, 0.29) is 42.0 Å². The fourth-order valence-electron chi connectivity index (χ4n) is 7.01. The largest absolute Gasteiger partial charge is 0.457 e. The molecule has 0 aromatic heterocycles. The summed E-state index contributed by atoms with van der Waals surface area (Å²) in [6, 6.07) is 4.86. The van der Waals surface area contributed by atoms with Crippen molar-refractivity contribution in [2.45, 2.75) is 64.8 Å². The van der Waals surface area contributed by atoms with Crippen LogP contribution in [0.2, 0.25) is 0 Å². The smallest absolute Gasteiger partial charge is 0.410 e. The van der Waals surface area contributed by atoms with Gasteiger partial charge in [0.1, 0.15) is 18.0 Å². The van der Waals surface area contributed by atoms with Gasteiger partial charge in [0.05, 0.1) is 25.0 Å². The number of cyclic esters (lactones) is 1. The molecule has 1 N–H and O–H groups in total. The molecule has 0 saturated carbocycles. The molecule has 3 saturated heterocycles. The first kappa shape index (κ1) is 36.8. The highest BCUT2D eigenvalue weighted by Gasteiger charge is 2.31. The van der Waals surface area contributed by atoms with Crippen LogP contribution in [0.5, 0.6) is 0 Å². The lowest BCUT2D eigenvalue weighted by Crippen LogP contribution is -2.50. The fourth-order valence-corrected chi connectivity index (χ4v) is 7.01. The van der Waals surface area contributed by atoms with Gasteiger partial charge in [-0.25, -0.2) is 9.18 Å². The molecule has 4 heterocycles. The molecule has 1 aromatic rings. The van der Waals surface area contributed by atoms with E-state index in [1.165, 1.54) is 12.1 Å². The van der Waals surface area contributed by atoms with E-state index in [9.17, 15) is 23.9 Å². The van der Waals surface area contributed by atoms with Crippen LogP contribution >= 0.6 is 0 Å². The third-order valence-corrected chi connectivity index (χ3v) is 10.2. The third kappa shape index (κ3) is 10.0. The Labute approximate surface area is 289 Å². The third-order valence-electron chi connectivity index (χ3n) is 10.2. The molecule has 12 heteroatoms. The maximum Gasteiger partial charge on any atom is 0.410 e. The highest BCUT2D eigenvalue weighted by molar-refractivity contribution is 5.79. The number of carbonyl (C=O) groups is 3. The van der Waals surface area contributed by atoms with Gasteiger partial charge in [-0.2, -0.15) is 0 Å².